The number of hydrogen-bond donors (Lipinski definition) is 2. The van der Waals surface area contributed by atoms with Crippen molar-refractivity contribution in [2.45, 2.75) is 26.4 Å². The van der Waals surface area contributed by atoms with Gasteiger partial charge in [-0.25, -0.2) is 0 Å². The smallest absolute Gasteiger partial charge is 0.0958 e. The molecule has 1 aromatic heterocycles. The molecule has 0 fully saturated rings. The summed E-state index contributed by atoms with van der Waals surface area (Å²) >= 11 is 0. The molecule has 0 aliphatic carbocycles. The lowest BCUT2D eigenvalue weighted by molar-refractivity contribution is 0.308. The number of aromatic amines is 1. The van der Waals surface area contributed by atoms with Crippen LogP contribution in [-0.4, -0.2) is 22.6 Å². The highest BCUT2D eigenvalue weighted by Gasteiger charge is 2.30. The van der Waals surface area contributed by atoms with Gasteiger partial charge in [0.05, 0.1) is 17.6 Å². The van der Waals surface area contributed by atoms with Gasteiger partial charge in [0, 0.05) is 23.6 Å². The van der Waals surface area contributed by atoms with Crippen molar-refractivity contribution >= 4 is 16.6 Å². The minimum absolute atomic E-state index is 0.418. The SMILES string of the molecule is Cc1ccc2[nH]c3c(c2c1)CCN1C3=CNC1C. The van der Waals surface area contributed by atoms with Crippen LogP contribution >= 0.6 is 0 Å². The van der Waals surface area contributed by atoms with Crippen LogP contribution in [0.1, 0.15) is 23.7 Å². The summed E-state index contributed by atoms with van der Waals surface area (Å²) in [6.45, 7) is 5.47. The van der Waals surface area contributed by atoms with Gasteiger partial charge in [0.2, 0.25) is 0 Å². The third kappa shape index (κ3) is 1.19. The first-order valence-corrected chi connectivity index (χ1v) is 6.58. The van der Waals surface area contributed by atoms with Crippen LogP contribution in [0.4, 0.5) is 0 Å². The van der Waals surface area contributed by atoms with Gasteiger partial charge in [0.25, 0.3) is 0 Å². The molecule has 2 aromatic rings. The summed E-state index contributed by atoms with van der Waals surface area (Å²) in [5.41, 5.74) is 6.69. The summed E-state index contributed by atoms with van der Waals surface area (Å²) in [5, 5.41) is 4.80. The molecule has 1 unspecified atom stereocenters. The van der Waals surface area contributed by atoms with Gasteiger partial charge >= 0.3 is 0 Å². The van der Waals surface area contributed by atoms with Gasteiger partial charge in [-0.3, -0.25) is 0 Å². The lowest BCUT2D eigenvalue weighted by Gasteiger charge is -2.30. The molecule has 0 saturated heterocycles. The van der Waals surface area contributed by atoms with Crippen molar-refractivity contribution in [3.8, 4) is 0 Å². The zero-order valence-corrected chi connectivity index (χ0v) is 10.7. The van der Waals surface area contributed by atoms with Crippen molar-refractivity contribution in [3.63, 3.8) is 0 Å². The number of hydrogen-bond acceptors (Lipinski definition) is 2. The Labute approximate surface area is 106 Å². The molecule has 1 aromatic carbocycles. The van der Waals surface area contributed by atoms with Crippen LogP contribution in [-0.2, 0) is 6.42 Å². The molecule has 3 nitrogen and oxygen atoms in total. The quantitative estimate of drug-likeness (QED) is 0.740. The van der Waals surface area contributed by atoms with Crippen molar-refractivity contribution in [2.75, 3.05) is 6.54 Å². The minimum atomic E-state index is 0.418. The summed E-state index contributed by atoms with van der Waals surface area (Å²) in [5.74, 6) is 0. The molecule has 0 amide bonds. The van der Waals surface area contributed by atoms with E-state index in [-0.39, 0.29) is 0 Å². The molecule has 2 aliphatic rings. The Bertz CT molecular complexity index is 666. The van der Waals surface area contributed by atoms with E-state index in [2.05, 4.69) is 53.4 Å². The Balaban J connectivity index is 1.97. The van der Waals surface area contributed by atoms with E-state index in [1.165, 1.54) is 33.4 Å². The first kappa shape index (κ1) is 10.1. The van der Waals surface area contributed by atoms with Crippen molar-refractivity contribution in [3.05, 3.63) is 41.2 Å². The van der Waals surface area contributed by atoms with Crippen LogP contribution in [0.3, 0.4) is 0 Å². The average Bonchev–Trinajstić information content (AvgIpc) is 2.90. The van der Waals surface area contributed by atoms with Gasteiger partial charge in [-0.15, -0.1) is 0 Å². The molecule has 18 heavy (non-hydrogen) atoms. The second-order valence-corrected chi connectivity index (χ2v) is 5.34. The predicted octanol–water partition coefficient (Wildman–Crippen LogP) is 2.58. The second-order valence-electron chi connectivity index (χ2n) is 5.34. The van der Waals surface area contributed by atoms with Crippen molar-refractivity contribution in [1.29, 1.82) is 0 Å². The molecular weight excluding hydrogens is 222 g/mol. The molecule has 2 aliphatic heterocycles. The average molecular weight is 239 g/mol. The zero-order chi connectivity index (χ0) is 12.3. The summed E-state index contributed by atoms with van der Waals surface area (Å²) in [7, 11) is 0. The van der Waals surface area contributed by atoms with Gasteiger partial charge in [-0.1, -0.05) is 11.6 Å². The molecule has 92 valence electrons. The van der Waals surface area contributed by atoms with E-state index in [1.54, 1.807) is 0 Å². The van der Waals surface area contributed by atoms with Gasteiger partial charge in [-0.05, 0) is 38.0 Å². The predicted molar refractivity (Wildman–Crippen MR) is 74.0 cm³/mol. The van der Waals surface area contributed by atoms with E-state index in [9.17, 15) is 0 Å². The lowest BCUT2D eigenvalue weighted by atomic mass is 10.0. The highest BCUT2D eigenvalue weighted by atomic mass is 15.3. The van der Waals surface area contributed by atoms with E-state index in [0.717, 1.165) is 13.0 Å². The Hall–Kier alpha value is -1.90. The molecule has 0 spiro atoms. The first-order chi connectivity index (χ1) is 8.74. The molecule has 0 saturated carbocycles. The summed E-state index contributed by atoms with van der Waals surface area (Å²) < 4.78 is 0. The van der Waals surface area contributed by atoms with E-state index in [4.69, 9.17) is 0 Å². The molecule has 3 heteroatoms. The fraction of sp³-hybridized carbons (Fsp3) is 0.333. The van der Waals surface area contributed by atoms with Gasteiger partial charge in [0.1, 0.15) is 0 Å². The largest absolute Gasteiger partial charge is 0.370 e. The number of rotatable bonds is 0. The fourth-order valence-corrected chi connectivity index (χ4v) is 3.18. The number of aromatic nitrogens is 1. The summed E-state index contributed by atoms with van der Waals surface area (Å²) in [4.78, 5) is 6.02. The van der Waals surface area contributed by atoms with Crippen LogP contribution in [0.2, 0.25) is 0 Å². The lowest BCUT2D eigenvalue weighted by Crippen LogP contribution is -2.37. The number of nitrogens with one attached hydrogen (secondary N) is 2. The maximum atomic E-state index is 3.59. The second kappa shape index (κ2) is 3.31. The van der Waals surface area contributed by atoms with Crippen LogP contribution in [0.5, 0.6) is 0 Å². The maximum absolute atomic E-state index is 3.59. The van der Waals surface area contributed by atoms with Crippen LogP contribution in [0, 0.1) is 6.92 Å². The number of nitrogens with zero attached hydrogens (tertiary/aromatic N) is 1. The highest BCUT2D eigenvalue weighted by Crippen LogP contribution is 2.36. The summed E-state index contributed by atoms with van der Waals surface area (Å²) in [6.07, 6.45) is 3.69. The first-order valence-electron chi connectivity index (χ1n) is 6.58. The van der Waals surface area contributed by atoms with Crippen LogP contribution < -0.4 is 5.32 Å². The fourth-order valence-electron chi connectivity index (χ4n) is 3.18. The summed E-state index contributed by atoms with van der Waals surface area (Å²) in [6, 6.07) is 6.67. The van der Waals surface area contributed by atoms with E-state index in [1.807, 2.05) is 0 Å². The number of fused-ring (bicyclic) bond motifs is 5. The Morgan fingerprint density at radius 2 is 2.22 bits per heavy atom. The normalized spacial score (nSPS) is 21.6. The third-order valence-corrected chi connectivity index (χ3v) is 4.16. The van der Waals surface area contributed by atoms with E-state index in [0.29, 0.717) is 6.17 Å². The molecular formula is C15H17N3. The number of H-pyrrole nitrogens is 1. The van der Waals surface area contributed by atoms with Gasteiger partial charge in [0.15, 0.2) is 0 Å². The minimum Gasteiger partial charge on any atom is -0.370 e. The molecule has 2 N–H and O–H groups in total. The highest BCUT2D eigenvalue weighted by molar-refractivity contribution is 5.90. The Morgan fingerprint density at radius 1 is 1.33 bits per heavy atom. The standard InChI is InChI=1S/C15H17N3/c1-9-3-4-13-12(7-9)11-5-6-18-10(2)16-8-14(18)15(11)17-13/h3-4,7-8,10,16-17H,5-6H2,1-2H3. The number of benzene rings is 1. The zero-order valence-electron chi connectivity index (χ0n) is 10.7. The van der Waals surface area contributed by atoms with Gasteiger partial charge in [-0.2, -0.15) is 0 Å². The van der Waals surface area contributed by atoms with Crippen molar-refractivity contribution < 1.29 is 0 Å². The molecule has 3 heterocycles. The van der Waals surface area contributed by atoms with Crippen LogP contribution in [0.25, 0.3) is 16.6 Å². The van der Waals surface area contributed by atoms with Gasteiger partial charge < -0.3 is 15.2 Å². The monoisotopic (exact) mass is 239 g/mol. The van der Waals surface area contributed by atoms with E-state index >= 15 is 0 Å². The molecule has 1 atom stereocenters. The third-order valence-electron chi connectivity index (χ3n) is 4.16. The molecule has 0 radical (unpaired) electrons. The molecule has 0 bridgehead atoms. The topological polar surface area (TPSA) is 31.1 Å². The van der Waals surface area contributed by atoms with Crippen LogP contribution in [0.15, 0.2) is 24.4 Å². The molecule has 4 rings (SSSR count). The van der Waals surface area contributed by atoms with E-state index < -0.39 is 0 Å². The van der Waals surface area contributed by atoms with Crippen molar-refractivity contribution in [1.82, 2.24) is 15.2 Å². The Morgan fingerprint density at radius 3 is 3.11 bits per heavy atom. The maximum Gasteiger partial charge on any atom is 0.0958 e. The Kier molecular flexibility index (Phi) is 1.85. The van der Waals surface area contributed by atoms with Crippen molar-refractivity contribution in [2.24, 2.45) is 0 Å². The number of aryl methyl sites for hydroxylation is 1.